The Morgan fingerprint density at radius 2 is 2.29 bits per heavy atom. The van der Waals surface area contributed by atoms with Crippen LogP contribution in [-0.2, 0) is 11.3 Å². The van der Waals surface area contributed by atoms with Crippen LogP contribution in [0.3, 0.4) is 0 Å². The van der Waals surface area contributed by atoms with E-state index >= 15 is 0 Å². The summed E-state index contributed by atoms with van der Waals surface area (Å²) in [4.78, 5) is 23.9. The lowest BCUT2D eigenvalue weighted by Crippen LogP contribution is -2.39. The molecule has 8 heteroatoms. The molecule has 3 aromatic heterocycles. The van der Waals surface area contributed by atoms with E-state index in [1.807, 2.05) is 11.0 Å². The first kappa shape index (κ1) is 18.4. The SMILES string of the molecule is COCc1c(C(=O)N2CCC[C@@H](C)C2)cnn1-c1nccc(-c2ccco2)n1. The minimum atomic E-state index is -0.0213. The van der Waals surface area contributed by atoms with Crippen molar-refractivity contribution in [1.82, 2.24) is 24.6 Å². The molecule has 0 spiro atoms. The van der Waals surface area contributed by atoms with E-state index in [0.29, 0.717) is 34.6 Å². The number of rotatable bonds is 5. The van der Waals surface area contributed by atoms with Crippen LogP contribution >= 0.6 is 0 Å². The lowest BCUT2D eigenvalue weighted by molar-refractivity contribution is 0.0678. The Balaban J connectivity index is 1.69. The van der Waals surface area contributed by atoms with Crippen molar-refractivity contribution >= 4 is 5.91 Å². The maximum atomic E-state index is 13.1. The zero-order chi connectivity index (χ0) is 19.5. The number of furan rings is 1. The first-order chi connectivity index (χ1) is 13.7. The Labute approximate surface area is 163 Å². The number of amides is 1. The summed E-state index contributed by atoms with van der Waals surface area (Å²) >= 11 is 0. The van der Waals surface area contributed by atoms with Gasteiger partial charge in [0, 0.05) is 26.4 Å². The second-order valence-electron chi connectivity index (χ2n) is 7.07. The summed E-state index contributed by atoms with van der Waals surface area (Å²) in [6.45, 7) is 3.94. The molecule has 0 radical (unpaired) electrons. The van der Waals surface area contributed by atoms with Crippen LogP contribution in [0, 0.1) is 5.92 Å². The molecule has 1 saturated heterocycles. The fraction of sp³-hybridized carbons (Fsp3) is 0.400. The molecule has 3 aromatic rings. The predicted molar refractivity (Wildman–Crippen MR) is 102 cm³/mol. The topological polar surface area (TPSA) is 86.3 Å². The summed E-state index contributed by atoms with van der Waals surface area (Å²) < 4.78 is 12.3. The van der Waals surface area contributed by atoms with Gasteiger partial charge in [-0.2, -0.15) is 9.78 Å². The molecule has 4 rings (SSSR count). The smallest absolute Gasteiger partial charge is 0.257 e. The first-order valence-corrected chi connectivity index (χ1v) is 9.39. The van der Waals surface area contributed by atoms with E-state index in [2.05, 4.69) is 22.0 Å². The monoisotopic (exact) mass is 381 g/mol. The number of aromatic nitrogens is 4. The third-order valence-corrected chi connectivity index (χ3v) is 4.93. The highest BCUT2D eigenvalue weighted by molar-refractivity contribution is 5.95. The molecule has 1 aliphatic heterocycles. The van der Waals surface area contributed by atoms with Crippen LogP contribution in [-0.4, -0.2) is 50.8 Å². The lowest BCUT2D eigenvalue weighted by atomic mass is 9.99. The van der Waals surface area contributed by atoms with Crippen molar-refractivity contribution in [3.8, 4) is 17.4 Å². The standard InChI is InChI=1S/C20H23N5O3/c1-14-5-3-9-24(12-14)19(26)15-11-22-25(17(15)13-27-2)20-21-8-7-16(23-20)18-6-4-10-28-18/h4,6-8,10-11,14H,3,5,9,12-13H2,1-2H3/t14-/m1/s1. The van der Waals surface area contributed by atoms with Gasteiger partial charge >= 0.3 is 0 Å². The molecular weight excluding hydrogens is 358 g/mol. The molecule has 1 fully saturated rings. The van der Waals surface area contributed by atoms with Gasteiger partial charge in [-0.1, -0.05) is 6.92 Å². The quantitative estimate of drug-likeness (QED) is 0.675. The van der Waals surface area contributed by atoms with Crippen LogP contribution in [0.2, 0.25) is 0 Å². The molecule has 0 bridgehead atoms. The van der Waals surface area contributed by atoms with E-state index in [4.69, 9.17) is 9.15 Å². The van der Waals surface area contributed by atoms with Crippen molar-refractivity contribution in [3.05, 3.63) is 48.1 Å². The van der Waals surface area contributed by atoms with Crippen LogP contribution in [0.25, 0.3) is 17.4 Å². The number of likely N-dealkylation sites (tertiary alicyclic amines) is 1. The summed E-state index contributed by atoms with van der Waals surface area (Å²) in [7, 11) is 1.59. The van der Waals surface area contributed by atoms with Crippen LogP contribution in [0.4, 0.5) is 0 Å². The van der Waals surface area contributed by atoms with E-state index in [0.717, 1.165) is 25.9 Å². The summed E-state index contributed by atoms with van der Waals surface area (Å²) in [5.41, 5.74) is 1.82. The Hall–Kier alpha value is -3.00. The van der Waals surface area contributed by atoms with E-state index in [9.17, 15) is 4.79 Å². The zero-order valence-electron chi connectivity index (χ0n) is 16.0. The Morgan fingerprint density at radius 3 is 3.04 bits per heavy atom. The number of hydrogen-bond donors (Lipinski definition) is 0. The van der Waals surface area contributed by atoms with E-state index in [1.165, 1.54) is 0 Å². The second-order valence-corrected chi connectivity index (χ2v) is 7.07. The molecule has 4 heterocycles. The molecule has 0 aliphatic carbocycles. The van der Waals surface area contributed by atoms with Gasteiger partial charge in [-0.05, 0) is 37.0 Å². The maximum absolute atomic E-state index is 13.1. The van der Waals surface area contributed by atoms with Gasteiger partial charge in [-0.15, -0.1) is 0 Å². The van der Waals surface area contributed by atoms with E-state index < -0.39 is 0 Å². The van der Waals surface area contributed by atoms with Gasteiger partial charge in [0.2, 0.25) is 0 Å². The lowest BCUT2D eigenvalue weighted by Gasteiger charge is -2.30. The van der Waals surface area contributed by atoms with Gasteiger partial charge in [-0.25, -0.2) is 9.97 Å². The summed E-state index contributed by atoms with van der Waals surface area (Å²) in [6, 6.07) is 5.40. The average molecular weight is 381 g/mol. The molecule has 0 unspecified atom stereocenters. The van der Waals surface area contributed by atoms with Crippen molar-refractivity contribution in [3.63, 3.8) is 0 Å². The Morgan fingerprint density at radius 1 is 1.39 bits per heavy atom. The zero-order valence-corrected chi connectivity index (χ0v) is 16.0. The van der Waals surface area contributed by atoms with Crippen LogP contribution in [0.1, 0.15) is 35.8 Å². The molecule has 8 nitrogen and oxygen atoms in total. The average Bonchev–Trinajstić information content (AvgIpc) is 3.38. The van der Waals surface area contributed by atoms with E-state index in [1.54, 1.807) is 42.6 Å². The van der Waals surface area contributed by atoms with Gasteiger partial charge in [0.05, 0.1) is 30.3 Å². The molecule has 1 aliphatic rings. The normalized spacial score (nSPS) is 17.1. The molecule has 0 N–H and O–H groups in total. The van der Waals surface area contributed by atoms with Gasteiger partial charge in [0.15, 0.2) is 5.76 Å². The highest BCUT2D eigenvalue weighted by Crippen LogP contribution is 2.22. The molecule has 0 aromatic carbocycles. The number of ether oxygens (including phenoxy) is 1. The molecule has 146 valence electrons. The molecule has 28 heavy (non-hydrogen) atoms. The number of carbonyl (C=O) groups is 1. The van der Waals surface area contributed by atoms with Crippen LogP contribution in [0.5, 0.6) is 0 Å². The first-order valence-electron chi connectivity index (χ1n) is 9.39. The third-order valence-electron chi connectivity index (χ3n) is 4.93. The Kier molecular flexibility index (Phi) is 5.21. The summed E-state index contributed by atoms with van der Waals surface area (Å²) in [6.07, 6.45) is 7.00. The minimum absolute atomic E-state index is 0.0213. The van der Waals surface area contributed by atoms with Crippen LogP contribution < -0.4 is 0 Å². The fourth-order valence-electron chi connectivity index (χ4n) is 3.56. The Bertz CT molecular complexity index is 951. The van der Waals surface area contributed by atoms with Gasteiger partial charge in [0.1, 0.15) is 5.69 Å². The van der Waals surface area contributed by atoms with Gasteiger partial charge < -0.3 is 14.1 Å². The third kappa shape index (κ3) is 3.55. The highest BCUT2D eigenvalue weighted by atomic mass is 16.5. The fourth-order valence-corrected chi connectivity index (χ4v) is 3.56. The van der Waals surface area contributed by atoms with Crippen LogP contribution in [0.15, 0.2) is 41.3 Å². The number of hydrogen-bond acceptors (Lipinski definition) is 6. The molecule has 1 amide bonds. The highest BCUT2D eigenvalue weighted by Gasteiger charge is 2.27. The summed E-state index contributed by atoms with van der Waals surface area (Å²) in [5.74, 6) is 1.49. The van der Waals surface area contributed by atoms with Crippen molar-refractivity contribution < 1.29 is 13.9 Å². The second kappa shape index (κ2) is 7.93. The van der Waals surface area contributed by atoms with Crippen molar-refractivity contribution in [2.75, 3.05) is 20.2 Å². The number of carbonyl (C=O) groups excluding carboxylic acids is 1. The molecular formula is C20H23N5O3. The number of nitrogens with zero attached hydrogens (tertiary/aromatic N) is 5. The largest absolute Gasteiger partial charge is 0.463 e. The molecule has 0 saturated carbocycles. The predicted octanol–water partition coefficient (Wildman–Crippen LogP) is 2.94. The van der Waals surface area contributed by atoms with Crippen molar-refractivity contribution in [2.24, 2.45) is 5.92 Å². The number of methoxy groups -OCH3 is 1. The van der Waals surface area contributed by atoms with Gasteiger partial charge in [-0.3, -0.25) is 4.79 Å². The van der Waals surface area contributed by atoms with Crippen molar-refractivity contribution in [1.29, 1.82) is 0 Å². The van der Waals surface area contributed by atoms with Gasteiger partial charge in [0.25, 0.3) is 11.9 Å². The maximum Gasteiger partial charge on any atom is 0.257 e. The minimum Gasteiger partial charge on any atom is -0.463 e. The number of piperidine rings is 1. The van der Waals surface area contributed by atoms with Crippen molar-refractivity contribution in [2.45, 2.75) is 26.4 Å². The molecule has 1 atom stereocenters. The van der Waals surface area contributed by atoms with E-state index in [-0.39, 0.29) is 12.5 Å². The summed E-state index contributed by atoms with van der Waals surface area (Å²) in [5, 5.41) is 4.40.